The first-order valence-corrected chi connectivity index (χ1v) is 4.23. The van der Waals surface area contributed by atoms with E-state index in [1.807, 2.05) is 13.8 Å². The smallest absolute Gasteiger partial charge is 0.180 e. The number of aliphatic hydroxyl groups is 2. The largest absolute Gasteiger partial charge is 0.364 e. The van der Waals surface area contributed by atoms with Gasteiger partial charge in [0.1, 0.15) is 0 Å². The van der Waals surface area contributed by atoms with Gasteiger partial charge in [-0.1, -0.05) is 13.8 Å². The van der Waals surface area contributed by atoms with Crippen LogP contribution in [-0.2, 0) is 0 Å². The second-order valence-electron chi connectivity index (χ2n) is 3.59. The molecule has 0 aliphatic carbocycles. The molecule has 1 aliphatic rings. The molecule has 1 atom stereocenters. The summed E-state index contributed by atoms with van der Waals surface area (Å²) in [7, 11) is 0. The molecule has 0 aromatic rings. The topological polar surface area (TPSA) is 52.5 Å². The van der Waals surface area contributed by atoms with Crippen LogP contribution >= 0.6 is 0 Å². The Labute approximate surface area is 67.4 Å². The molecule has 1 heterocycles. The molecule has 0 radical (unpaired) electrons. The molecule has 0 spiro atoms. The van der Waals surface area contributed by atoms with Gasteiger partial charge in [-0.2, -0.15) is 0 Å². The van der Waals surface area contributed by atoms with Crippen molar-refractivity contribution < 1.29 is 10.2 Å². The summed E-state index contributed by atoms with van der Waals surface area (Å²) in [6.45, 7) is 4.54. The van der Waals surface area contributed by atoms with E-state index in [0.29, 0.717) is 0 Å². The summed E-state index contributed by atoms with van der Waals surface area (Å²) in [6, 6.07) is -0.137. The van der Waals surface area contributed by atoms with Crippen molar-refractivity contribution in [3.8, 4) is 0 Å². The molecule has 66 valence electrons. The van der Waals surface area contributed by atoms with Crippen LogP contribution in [0, 0.1) is 5.92 Å². The Hall–Kier alpha value is -0.120. The van der Waals surface area contributed by atoms with Crippen molar-refractivity contribution in [2.45, 2.75) is 38.5 Å². The molecule has 0 saturated carbocycles. The number of rotatable bonds is 2. The van der Waals surface area contributed by atoms with Crippen molar-refractivity contribution in [3.63, 3.8) is 0 Å². The Morgan fingerprint density at radius 3 is 2.45 bits per heavy atom. The van der Waals surface area contributed by atoms with E-state index in [4.69, 9.17) is 0 Å². The van der Waals surface area contributed by atoms with E-state index in [2.05, 4.69) is 5.32 Å². The summed E-state index contributed by atoms with van der Waals surface area (Å²) in [6.07, 6.45) is 1.91. The Morgan fingerprint density at radius 1 is 1.45 bits per heavy atom. The molecule has 11 heavy (non-hydrogen) atoms. The van der Waals surface area contributed by atoms with Crippen molar-refractivity contribution >= 4 is 0 Å². The maximum absolute atomic E-state index is 9.58. The maximum atomic E-state index is 9.58. The van der Waals surface area contributed by atoms with E-state index < -0.39 is 5.79 Å². The average Bonchev–Trinajstić information content (AvgIpc) is 2.37. The quantitative estimate of drug-likeness (QED) is 0.500. The fourth-order valence-electron chi connectivity index (χ4n) is 1.45. The van der Waals surface area contributed by atoms with Crippen LogP contribution in [0.1, 0.15) is 26.7 Å². The number of hydrogen-bond donors (Lipinski definition) is 3. The first kappa shape index (κ1) is 8.97. The minimum absolute atomic E-state index is 0.113. The van der Waals surface area contributed by atoms with Gasteiger partial charge >= 0.3 is 0 Å². The molecule has 0 amide bonds. The van der Waals surface area contributed by atoms with E-state index in [1.165, 1.54) is 0 Å². The third-order valence-electron chi connectivity index (χ3n) is 2.42. The Kier molecular flexibility index (Phi) is 2.52. The second-order valence-corrected chi connectivity index (χ2v) is 3.59. The van der Waals surface area contributed by atoms with E-state index in [0.717, 1.165) is 19.4 Å². The number of nitrogens with one attached hydrogen (secondary N) is 1. The lowest BCUT2D eigenvalue weighted by Gasteiger charge is -2.32. The first-order chi connectivity index (χ1) is 5.05. The molecule has 1 fully saturated rings. The van der Waals surface area contributed by atoms with Crippen molar-refractivity contribution in [2.24, 2.45) is 5.92 Å². The van der Waals surface area contributed by atoms with Crippen molar-refractivity contribution in [2.75, 3.05) is 6.54 Å². The average molecular weight is 159 g/mol. The van der Waals surface area contributed by atoms with Gasteiger partial charge in [0, 0.05) is 5.92 Å². The lowest BCUT2D eigenvalue weighted by Crippen LogP contribution is -2.51. The lowest BCUT2D eigenvalue weighted by molar-refractivity contribution is -0.210. The molecule has 0 unspecified atom stereocenters. The van der Waals surface area contributed by atoms with E-state index in [-0.39, 0.29) is 12.0 Å². The van der Waals surface area contributed by atoms with Crippen LogP contribution in [0.5, 0.6) is 0 Å². The van der Waals surface area contributed by atoms with Gasteiger partial charge in [0.25, 0.3) is 0 Å². The van der Waals surface area contributed by atoms with Crippen molar-refractivity contribution in [3.05, 3.63) is 0 Å². The molecular weight excluding hydrogens is 142 g/mol. The van der Waals surface area contributed by atoms with E-state index in [1.54, 1.807) is 0 Å². The highest BCUT2D eigenvalue weighted by Crippen LogP contribution is 2.23. The molecule has 3 nitrogen and oxygen atoms in total. The van der Waals surface area contributed by atoms with Crippen LogP contribution in [0.2, 0.25) is 0 Å². The summed E-state index contributed by atoms with van der Waals surface area (Å²) in [5, 5.41) is 22.2. The molecule has 1 rings (SSSR count). The van der Waals surface area contributed by atoms with Gasteiger partial charge in [-0.05, 0) is 19.4 Å². The van der Waals surface area contributed by atoms with Gasteiger partial charge in [-0.25, -0.2) is 0 Å². The maximum Gasteiger partial charge on any atom is 0.180 e. The summed E-state index contributed by atoms with van der Waals surface area (Å²) in [5.41, 5.74) is 0. The highest BCUT2D eigenvalue weighted by atomic mass is 16.5. The summed E-state index contributed by atoms with van der Waals surface area (Å²) < 4.78 is 0. The van der Waals surface area contributed by atoms with Crippen LogP contribution in [0.15, 0.2) is 0 Å². The van der Waals surface area contributed by atoms with Crippen LogP contribution in [0.4, 0.5) is 0 Å². The minimum Gasteiger partial charge on any atom is -0.364 e. The fourth-order valence-corrected chi connectivity index (χ4v) is 1.45. The van der Waals surface area contributed by atoms with Gasteiger partial charge in [0.2, 0.25) is 0 Å². The van der Waals surface area contributed by atoms with E-state index >= 15 is 0 Å². The second kappa shape index (κ2) is 3.09. The van der Waals surface area contributed by atoms with Crippen molar-refractivity contribution in [1.29, 1.82) is 0 Å². The fraction of sp³-hybridized carbons (Fsp3) is 1.00. The highest BCUT2D eigenvalue weighted by molar-refractivity contribution is 4.88. The zero-order valence-electron chi connectivity index (χ0n) is 7.17. The molecule has 3 heteroatoms. The zero-order valence-corrected chi connectivity index (χ0v) is 7.17. The van der Waals surface area contributed by atoms with Crippen LogP contribution in [-0.4, -0.2) is 28.6 Å². The molecule has 0 aromatic heterocycles. The predicted molar refractivity (Wildman–Crippen MR) is 43.0 cm³/mol. The molecule has 1 aliphatic heterocycles. The Balaban J connectivity index is 2.55. The summed E-state index contributed by atoms with van der Waals surface area (Å²) in [4.78, 5) is 0. The monoisotopic (exact) mass is 159 g/mol. The Morgan fingerprint density at radius 2 is 2.09 bits per heavy atom. The highest BCUT2D eigenvalue weighted by Gasteiger charge is 2.38. The van der Waals surface area contributed by atoms with Gasteiger partial charge < -0.3 is 15.5 Å². The van der Waals surface area contributed by atoms with Gasteiger partial charge in [-0.3, -0.25) is 0 Å². The SMILES string of the molecule is CC(C)C(O)(O)[C@@H]1CCCN1. The van der Waals surface area contributed by atoms with Crippen molar-refractivity contribution in [1.82, 2.24) is 5.32 Å². The Bertz CT molecular complexity index is 128. The number of hydrogen-bond acceptors (Lipinski definition) is 3. The molecule has 0 bridgehead atoms. The third kappa shape index (κ3) is 1.72. The predicted octanol–water partition coefficient (Wildman–Crippen LogP) is 0.0753. The van der Waals surface area contributed by atoms with Crippen LogP contribution < -0.4 is 5.32 Å². The normalized spacial score (nSPS) is 26.5. The molecule has 0 aromatic carbocycles. The molecular formula is C8H17NO2. The van der Waals surface area contributed by atoms with Gasteiger partial charge in [0.15, 0.2) is 5.79 Å². The molecule has 3 N–H and O–H groups in total. The lowest BCUT2D eigenvalue weighted by atomic mass is 9.94. The standard InChI is InChI=1S/C8H17NO2/c1-6(2)8(10,11)7-4-3-5-9-7/h6-7,9-11H,3-5H2,1-2H3/t7-/m0/s1. The zero-order chi connectivity index (χ0) is 8.48. The minimum atomic E-state index is -1.53. The van der Waals surface area contributed by atoms with Crippen LogP contribution in [0.25, 0.3) is 0 Å². The molecule has 1 saturated heterocycles. The first-order valence-electron chi connectivity index (χ1n) is 4.23. The summed E-state index contributed by atoms with van der Waals surface area (Å²) in [5.74, 6) is -1.64. The van der Waals surface area contributed by atoms with E-state index in [9.17, 15) is 10.2 Å². The van der Waals surface area contributed by atoms with Gasteiger partial charge in [-0.15, -0.1) is 0 Å². The third-order valence-corrected chi connectivity index (χ3v) is 2.42. The van der Waals surface area contributed by atoms with Crippen LogP contribution in [0.3, 0.4) is 0 Å². The van der Waals surface area contributed by atoms with Gasteiger partial charge in [0.05, 0.1) is 6.04 Å². The summed E-state index contributed by atoms with van der Waals surface area (Å²) >= 11 is 0.